The number of anilines is 1. The molecule has 5 nitrogen and oxygen atoms in total. The summed E-state index contributed by atoms with van der Waals surface area (Å²) in [6.45, 7) is 9.88. The second-order valence-electron chi connectivity index (χ2n) is 5.58. The average Bonchev–Trinajstić information content (AvgIpc) is 2.59. The van der Waals surface area contributed by atoms with E-state index in [-0.39, 0.29) is 0 Å². The monoisotopic (exact) mass is 327 g/mol. The molecule has 0 radical (unpaired) electrons. The number of hydrogen-bond acceptors (Lipinski definition) is 5. The molecule has 1 heterocycles. The van der Waals surface area contributed by atoms with Crippen molar-refractivity contribution in [2.45, 2.75) is 6.10 Å². The Morgan fingerprint density at radius 3 is 2.75 bits per heavy atom. The first-order chi connectivity index (χ1) is 11.7. The molecule has 0 spiro atoms. The summed E-state index contributed by atoms with van der Waals surface area (Å²) in [7, 11) is 1.64. The molecular formula is C19H25N3O2. The zero-order chi connectivity index (χ0) is 17.4. The average molecular weight is 327 g/mol. The van der Waals surface area contributed by atoms with Gasteiger partial charge in [-0.25, -0.2) is 0 Å². The number of methoxy groups -OCH3 is 1. The van der Waals surface area contributed by atoms with Crippen LogP contribution in [-0.4, -0.2) is 54.4 Å². The minimum atomic E-state index is -0.519. The van der Waals surface area contributed by atoms with Gasteiger partial charge in [0, 0.05) is 43.8 Å². The molecular weight excluding hydrogens is 302 g/mol. The van der Waals surface area contributed by atoms with Crippen molar-refractivity contribution < 1.29 is 9.84 Å². The van der Waals surface area contributed by atoms with Crippen molar-refractivity contribution in [1.29, 1.82) is 0 Å². The number of fused-ring (bicyclic) bond motifs is 1. The van der Waals surface area contributed by atoms with E-state index in [0.717, 1.165) is 22.3 Å². The van der Waals surface area contributed by atoms with Gasteiger partial charge in [-0.2, -0.15) is 0 Å². The highest BCUT2D eigenvalue weighted by Crippen LogP contribution is 2.27. The molecule has 0 bridgehead atoms. The molecule has 24 heavy (non-hydrogen) atoms. The van der Waals surface area contributed by atoms with Crippen LogP contribution in [0.15, 0.2) is 55.8 Å². The van der Waals surface area contributed by atoms with Crippen LogP contribution >= 0.6 is 0 Å². The Kier molecular flexibility index (Phi) is 6.78. The molecule has 0 amide bonds. The standard InChI is InChI=1S/C19H25N3O2/c1-4-9-22(10-5-2)14-16(23)13-21-18-12-17(24-3)11-15-7-6-8-20-19(15)18/h4-8,11-12,16,21,23H,1-2,9-10,13-14H2,3H3. The molecule has 2 rings (SSSR count). The fourth-order valence-electron chi connectivity index (χ4n) is 2.60. The Morgan fingerprint density at radius 2 is 2.08 bits per heavy atom. The number of pyridine rings is 1. The van der Waals surface area contributed by atoms with Crippen LogP contribution in [0.1, 0.15) is 0 Å². The highest BCUT2D eigenvalue weighted by molar-refractivity contribution is 5.91. The van der Waals surface area contributed by atoms with Crippen LogP contribution in [0.25, 0.3) is 10.9 Å². The number of aliphatic hydroxyl groups is 1. The molecule has 0 saturated carbocycles. The highest BCUT2D eigenvalue weighted by atomic mass is 16.5. The number of benzene rings is 1. The quantitative estimate of drug-likeness (QED) is 0.657. The summed E-state index contributed by atoms with van der Waals surface area (Å²) in [5.74, 6) is 0.757. The van der Waals surface area contributed by atoms with Gasteiger partial charge < -0.3 is 15.2 Å². The van der Waals surface area contributed by atoms with Crippen molar-refractivity contribution in [2.24, 2.45) is 0 Å². The van der Waals surface area contributed by atoms with Gasteiger partial charge in [0.25, 0.3) is 0 Å². The van der Waals surface area contributed by atoms with Gasteiger partial charge >= 0.3 is 0 Å². The number of aromatic nitrogens is 1. The lowest BCUT2D eigenvalue weighted by molar-refractivity contribution is 0.135. The Morgan fingerprint density at radius 1 is 1.33 bits per heavy atom. The van der Waals surface area contributed by atoms with E-state index in [1.54, 1.807) is 13.3 Å². The minimum absolute atomic E-state index is 0.420. The summed E-state index contributed by atoms with van der Waals surface area (Å²) >= 11 is 0. The maximum atomic E-state index is 10.3. The SMILES string of the molecule is C=CCN(CC=C)CC(O)CNc1cc(OC)cc2cccnc12. The Bertz CT molecular complexity index is 677. The van der Waals surface area contributed by atoms with Crippen LogP contribution in [0.5, 0.6) is 5.75 Å². The van der Waals surface area contributed by atoms with E-state index >= 15 is 0 Å². The first kappa shape index (κ1) is 18.0. The van der Waals surface area contributed by atoms with Crippen molar-refractivity contribution in [3.05, 3.63) is 55.8 Å². The van der Waals surface area contributed by atoms with Crippen LogP contribution in [0.4, 0.5) is 5.69 Å². The molecule has 0 aliphatic rings. The number of aliphatic hydroxyl groups excluding tert-OH is 1. The molecule has 1 aromatic carbocycles. The van der Waals surface area contributed by atoms with Crippen LogP contribution in [0.2, 0.25) is 0 Å². The molecule has 1 atom stereocenters. The Balaban J connectivity index is 2.06. The van der Waals surface area contributed by atoms with Crippen molar-refractivity contribution in [1.82, 2.24) is 9.88 Å². The van der Waals surface area contributed by atoms with Gasteiger partial charge in [0.1, 0.15) is 5.75 Å². The Hall–Kier alpha value is -2.37. The second kappa shape index (κ2) is 9.05. The lowest BCUT2D eigenvalue weighted by atomic mass is 10.1. The summed E-state index contributed by atoms with van der Waals surface area (Å²) in [5, 5.41) is 14.6. The molecule has 0 fully saturated rings. The number of nitrogens with zero attached hydrogens (tertiary/aromatic N) is 2. The molecule has 2 N–H and O–H groups in total. The summed E-state index contributed by atoms with van der Waals surface area (Å²) < 4.78 is 5.34. The molecule has 0 aliphatic heterocycles. The number of rotatable bonds is 10. The van der Waals surface area contributed by atoms with Gasteiger partial charge in [0.05, 0.1) is 24.4 Å². The molecule has 128 valence electrons. The fourth-order valence-corrected chi connectivity index (χ4v) is 2.60. The number of nitrogens with one attached hydrogen (secondary N) is 1. The Labute approximate surface area is 143 Å². The van der Waals surface area contributed by atoms with Crippen molar-refractivity contribution in [3.63, 3.8) is 0 Å². The van der Waals surface area contributed by atoms with Gasteiger partial charge in [-0.15, -0.1) is 13.2 Å². The van der Waals surface area contributed by atoms with E-state index < -0.39 is 6.10 Å². The van der Waals surface area contributed by atoms with Gasteiger partial charge in [-0.3, -0.25) is 9.88 Å². The third kappa shape index (κ3) is 4.81. The minimum Gasteiger partial charge on any atom is -0.497 e. The smallest absolute Gasteiger partial charge is 0.121 e. The topological polar surface area (TPSA) is 57.6 Å². The van der Waals surface area contributed by atoms with Crippen molar-refractivity contribution in [3.8, 4) is 5.75 Å². The van der Waals surface area contributed by atoms with Crippen molar-refractivity contribution >= 4 is 16.6 Å². The molecule has 0 aliphatic carbocycles. The normalized spacial score (nSPS) is 12.1. The predicted octanol–water partition coefficient (Wildman–Crippen LogP) is 2.69. The lowest BCUT2D eigenvalue weighted by Crippen LogP contribution is -2.36. The largest absolute Gasteiger partial charge is 0.497 e. The van der Waals surface area contributed by atoms with E-state index in [1.807, 2.05) is 36.4 Å². The van der Waals surface area contributed by atoms with Gasteiger partial charge in [0.2, 0.25) is 0 Å². The molecule has 2 aromatic rings. The van der Waals surface area contributed by atoms with Crippen LogP contribution in [0.3, 0.4) is 0 Å². The molecule has 1 unspecified atom stereocenters. The second-order valence-corrected chi connectivity index (χ2v) is 5.58. The summed E-state index contributed by atoms with van der Waals surface area (Å²) in [5.41, 5.74) is 1.71. The van der Waals surface area contributed by atoms with Crippen LogP contribution in [0, 0.1) is 0 Å². The van der Waals surface area contributed by atoms with E-state index in [2.05, 4.69) is 28.4 Å². The first-order valence-electron chi connectivity index (χ1n) is 7.96. The zero-order valence-electron chi connectivity index (χ0n) is 14.1. The van der Waals surface area contributed by atoms with E-state index in [1.165, 1.54) is 0 Å². The number of hydrogen-bond donors (Lipinski definition) is 2. The molecule has 0 saturated heterocycles. The fraction of sp³-hybridized carbons (Fsp3) is 0.316. The predicted molar refractivity (Wildman–Crippen MR) is 99.6 cm³/mol. The summed E-state index contributed by atoms with van der Waals surface area (Å²) in [6, 6.07) is 7.72. The van der Waals surface area contributed by atoms with E-state index in [0.29, 0.717) is 26.2 Å². The van der Waals surface area contributed by atoms with Gasteiger partial charge in [-0.1, -0.05) is 18.2 Å². The van der Waals surface area contributed by atoms with Crippen molar-refractivity contribution in [2.75, 3.05) is 38.6 Å². The number of ether oxygens (including phenoxy) is 1. The molecule has 1 aromatic heterocycles. The third-order valence-electron chi connectivity index (χ3n) is 3.69. The van der Waals surface area contributed by atoms with Gasteiger partial charge in [0.15, 0.2) is 0 Å². The maximum absolute atomic E-state index is 10.3. The van der Waals surface area contributed by atoms with Crippen LogP contribution < -0.4 is 10.1 Å². The summed E-state index contributed by atoms with van der Waals surface area (Å²) in [4.78, 5) is 6.50. The van der Waals surface area contributed by atoms with Crippen LogP contribution in [-0.2, 0) is 0 Å². The maximum Gasteiger partial charge on any atom is 0.121 e. The molecule has 5 heteroatoms. The van der Waals surface area contributed by atoms with Gasteiger partial charge in [-0.05, 0) is 12.1 Å². The lowest BCUT2D eigenvalue weighted by Gasteiger charge is -2.23. The highest BCUT2D eigenvalue weighted by Gasteiger charge is 2.11. The summed E-state index contributed by atoms with van der Waals surface area (Å²) in [6.07, 6.45) is 4.88. The van der Waals surface area contributed by atoms with E-state index in [4.69, 9.17) is 4.74 Å². The first-order valence-corrected chi connectivity index (χ1v) is 7.96. The van der Waals surface area contributed by atoms with E-state index in [9.17, 15) is 5.11 Å². The third-order valence-corrected chi connectivity index (χ3v) is 3.69. The zero-order valence-corrected chi connectivity index (χ0v) is 14.1.